The molecular weight excluding hydrogens is 272 g/mol. The van der Waals surface area contributed by atoms with Gasteiger partial charge < -0.3 is 5.73 Å². The van der Waals surface area contributed by atoms with E-state index in [1.807, 2.05) is 24.3 Å². The highest BCUT2D eigenvalue weighted by molar-refractivity contribution is 7.88. The normalized spacial score (nSPS) is 17.6. The molecule has 5 heteroatoms. The molecule has 2 N–H and O–H groups in total. The third-order valence-corrected chi connectivity index (χ3v) is 6.01. The van der Waals surface area contributed by atoms with Crippen LogP contribution in [0, 0.1) is 0 Å². The molecule has 1 fully saturated rings. The molecular formula is C15H24N2O2S. The standard InChI is InChI=1S/C15H24N2O2S/c1-17(15-5-3-2-4-6-15)20(18,19)12-14-9-7-13(11-16)8-10-14/h7-10,15H,2-6,11-12,16H2,1H3. The van der Waals surface area contributed by atoms with Crippen molar-refractivity contribution in [3.05, 3.63) is 35.4 Å². The highest BCUT2D eigenvalue weighted by Gasteiger charge is 2.27. The van der Waals surface area contributed by atoms with Crippen LogP contribution in [0.15, 0.2) is 24.3 Å². The molecule has 2 rings (SSSR count). The Bertz CT molecular complexity index is 519. The van der Waals surface area contributed by atoms with Crippen LogP contribution in [-0.2, 0) is 22.3 Å². The maximum absolute atomic E-state index is 12.5. The van der Waals surface area contributed by atoms with Gasteiger partial charge in [-0.1, -0.05) is 43.5 Å². The predicted molar refractivity (Wildman–Crippen MR) is 81.6 cm³/mol. The van der Waals surface area contributed by atoms with E-state index in [0.29, 0.717) is 6.54 Å². The molecule has 1 aromatic carbocycles. The van der Waals surface area contributed by atoms with Gasteiger partial charge in [-0.3, -0.25) is 0 Å². The summed E-state index contributed by atoms with van der Waals surface area (Å²) in [5.74, 6) is 0.0743. The molecule has 20 heavy (non-hydrogen) atoms. The van der Waals surface area contributed by atoms with Gasteiger partial charge in [0.15, 0.2) is 0 Å². The first-order valence-electron chi connectivity index (χ1n) is 7.26. The van der Waals surface area contributed by atoms with Gasteiger partial charge in [-0.25, -0.2) is 12.7 Å². The van der Waals surface area contributed by atoms with Crippen LogP contribution in [0.4, 0.5) is 0 Å². The SMILES string of the molecule is CN(C1CCCCC1)S(=O)(=O)Cc1ccc(CN)cc1. The van der Waals surface area contributed by atoms with E-state index in [2.05, 4.69) is 0 Å². The molecule has 0 bridgehead atoms. The van der Waals surface area contributed by atoms with Crippen molar-refractivity contribution in [2.24, 2.45) is 5.73 Å². The molecule has 1 saturated carbocycles. The second-order valence-electron chi connectivity index (χ2n) is 5.58. The molecule has 4 nitrogen and oxygen atoms in total. The lowest BCUT2D eigenvalue weighted by Gasteiger charge is -2.30. The van der Waals surface area contributed by atoms with Crippen LogP contribution < -0.4 is 5.73 Å². The van der Waals surface area contributed by atoms with Gasteiger partial charge >= 0.3 is 0 Å². The summed E-state index contributed by atoms with van der Waals surface area (Å²) in [4.78, 5) is 0. The Hall–Kier alpha value is -0.910. The number of nitrogens with zero attached hydrogens (tertiary/aromatic N) is 1. The predicted octanol–water partition coefficient (Wildman–Crippen LogP) is 2.24. The number of rotatable bonds is 5. The lowest BCUT2D eigenvalue weighted by molar-refractivity contribution is 0.285. The second-order valence-corrected chi connectivity index (χ2v) is 7.61. The minimum absolute atomic E-state index is 0.0743. The molecule has 112 valence electrons. The van der Waals surface area contributed by atoms with Gasteiger partial charge in [0.2, 0.25) is 10.0 Å². The van der Waals surface area contributed by atoms with Gasteiger partial charge in [0.05, 0.1) is 5.75 Å². The summed E-state index contributed by atoms with van der Waals surface area (Å²) in [5, 5.41) is 0. The quantitative estimate of drug-likeness (QED) is 0.906. The van der Waals surface area contributed by atoms with E-state index in [1.54, 1.807) is 11.4 Å². The molecule has 1 aliphatic rings. The van der Waals surface area contributed by atoms with Crippen molar-refractivity contribution in [3.63, 3.8) is 0 Å². The van der Waals surface area contributed by atoms with Crippen LogP contribution >= 0.6 is 0 Å². The van der Waals surface area contributed by atoms with Crippen molar-refractivity contribution in [3.8, 4) is 0 Å². The Morgan fingerprint density at radius 1 is 1.10 bits per heavy atom. The van der Waals surface area contributed by atoms with Crippen molar-refractivity contribution in [1.82, 2.24) is 4.31 Å². The Morgan fingerprint density at radius 3 is 2.20 bits per heavy atom. The molecule has 0 atom stereocenters. The van der Waals surface area contributed by atoms with Gasteiger partial charge in [-0.2, -0.15) is 0 Å². The fourth-order valence-electron chi connectivity index (χ4n) is 2.76. The number of sulfonamides is 1. The van der Waals surface area contributed by atoms with E-state index < -0.39 is 10.0 Å². The van der Waals surface area contributed by atoms with Crippen LogP contribution in [0.25, 0.3) is 0 Å². The third kappa shape index (κ3) is 3.81. The van der Waals surface area contributed by atoms with E-state index in [1.165, 1.54) is 6.42 Å². The van der Waals surface area contributed by atoms with Gasteiger partial charge in [-0.15, -0.1) is 0 Å². The molecule has 0 unspecified atom stereocenters. The van der Waals surface area contributed by atoms with Crippen molar-refractivity contribution >= 4 is 10.0 Å². The molecule has 0 aromatic heterocycles. The van der Waals surface area contributed by atoms with Gasteiger partial charge in [0.25, 0.3) is 0 Å². The zero-order valence-electron chi connectivity index (χ0n) is 12.1. The van der Waals surface area contributed by atoms with Crippen LogP contribution in [0.2, 0.25) is 0 Å². The number of hydrogen-bond acceptors (Lipinski definition) is 3. The van der Waals surface area contributed by atoms with Crippen molar-refractivity contribution in [1.29, 1.82) is 0 Å². The Kier molecular flexibility index (Phi) is 5.18. The van der Waals surface area contributed by atoms with Crippen LogP contribution in [-0.4, -0.2) is 25.8 Å². The highest BCUT2D eigenvalue weighted by atomic mass is 32.2. The molecule has 0 radical (unpaired) electrons. The van der Waals surface area contributed by atoms with Crippen LogP contribution in [0.3, 0.4) is 0 Å². The summed E-state index contributed by atoms with van der Waals surface area (Å²) in [6.07, 6.45) is 5.47. The first-order chi connectivity index (χ1) is 9.53. The molecule has 0 heterocycles. The zero-order valence-corrected chi connectivity index (χ0v) is 12.9. The molecule has 0 spiro atoms. The maximum Gasteiger partial charge on any atom is 0.218 e. The van der Waals surface area contributed by atoms with Crippen molar-refractivity contribution < 1.29 is 8.42 Å². The average Bonchev–Trinajstić information content (AvgIpc) is 2.48. The summed E-state index contributed by atoms with van der Waals surface area (Å²) in [5.41, 5.74) is 7.39. The lowest BCUT2D eigenvalue weighted by atomic mass is 9.96. The zero-order chi connectivity index (χ0) is 14.6. The minimum atomic E-state index is -3.23. The second kappa shape index (κ2) is 6.70. The first kappa shape index (κ1) is 15.5. The summed E-state index contributed by atoms with van der Waals surface area (Å²) < 4.78 is 26.5. The molecule has 0 aliphatic heterocycles. The Balaban J connectivity index is 2.05. The fraction of sp³-hybridized carbons (Fsp3) is 0.600. The van der Waals surface area contributed by atoms with Gasteiger partial charge in [-0.05, 0) is 24.0 Å². The smallest absolute Gasteiger partial charge is 0.218 e. The molecule has 1 aliphatic carbocycles. The van der Waals surface area contributed by atoms with E-state index in [4.69, 9.17) is 5.73 Å². The summed E-state index contributed by atoms with van der Waals surface area (Å²) in [6.45, 7) is 0.481. The first-order valence-corrected chi connectivity index (χ1v) is 8.87. The van der Waals surface area contributed by atoms with E-state index >= 15 is 0 Å². The summed E-state index contributed by atoms with van der Waals surface area (Å²) in [7, 11) is -1.51. The highest BCUT2D eigenvalue weighted by Crippen LogP contribution is 2.24. The third-order valence-electron chi connectivity index (χ3n) is 4.14. The van der Waals surface area contributed by atoms with Gasteiger partial charge in [0, 0.05) is 19.6 Å². The summed E-state index contributed by atoms with van der Waals surface area (Å²) >= 11 is 0. The number of hydrogen-bond donors (Lipinski definition) is 1. The number of nitrogens with two attached hydrogens (primary N) is 1. The van der Waals surface area contributed by atoms with E-state index in [0.717, 1.165) is 36.8 Å². The minimum Gasteiger partial charge on any atom is -0.326 e. The Labute approximate surface area is 122 Å². The molecule has 0 amide bonds. The van der Waals surface area contributed by atoms with Crippen molar-refractivity contribution in [2.75, 3.05) is 7.05 Å². The van der Waals surface area contributed by atoms with Crippen LogP contribution in [0.1, 0.15) is 43.2 Å². The van der Waals surface area contributed by atoms with Crippen LogP contribution in [0.5, 0.6) is 0 Å². The van der Waals surface area contributed by atoms with Gasteiger partial charge in [0.1, 0.15) is 0 Å². The molecule has 1 aromatic rings. The van der Waals surface area contributed by atoms with E-state index in [-0.39, 0.29) is 11.8 Å². The topological polar surface area (TPSA) is 63.4 Å². The lowest BCUT2D eigenvalue weighted by Crippen LogP contribution is -2.38. The van der Waals surface area contributed by atoms with Crippen molar-refractivity contribution in [2.45, 2.75) is 50.4 Å². The summed E-state index contributed by atoms with van der Waals surface area (Å²) in [6, 6.07) is 7.68. The fourth-order valence-corrected chi connectivity index (χ4v) is 4.24. The molecule has 0 saturated heterocycles. The monoisotopic (exact) mass is 296 g/mol. The number of benzene rings is 1. The van der Waals surface area contributed by atoms with E-state index in [9.17, 15) is 8.42 Å². The maximum atomic E-state index is 12.5. The largest absolute Gasteiger partial charge is 0.326 e. The average molecular weight is 296 g/mol. The Morgan fingerprint density at radius 2 is 1.65 bits per heavy atom.